The van der Waals surface area contributed by atoms with Crippen molar-refractivity contribution < 1.29 is 28.5 Å². The first-order valence-electron chi connectivity index (χ1n) is 7.81. The molecule has 0 saturated heterocycles. The molecule has 0 heterocycles. The zero-order valence-electron chi connectivity index (χ0n) is 13.6. The lowest BCUT2D eigenvalue weighted by Gasteiger charge is -2.16. The maximum absolute atomic E-state index is 11.2. The third-order valence-electron chi connectivity index (χ3n) is 2.71. The van der Waals surface area contributed by atoms with Gasteiger partial charge in [-0.15, -0.1) is 0 Å². The quantitative estimate of drug-likeness (QED) is 0.363. The summed E-state index contributed by atoms with van der Waals surface area (Å²) in [6.45, 7) is 9.07. The average Bonchev–Trinajstić information content (AvgIpc) is 2.49. The van der Waals surface area contributed by atoms with Crippen molar-refractivity contribution in [2.75, 3.05) is 46.2 Å². The molecule has 0 aliphatic rings. The summed E-state index contributed by atoms with van der Waals surface area (Å²) in [7, 11) is 0. The lowest BCUT2D eigenvalue weighted by molar-refractivity contribution is -0.0334. The van der Waals surface area contributed by atoms with Gasteiger partial charge < -0.3 is 23.7 Å². The molecule has 1 atom stereocenters. The van der Waals surface area contributed by atoms with Gasteiger partial charge in [0.1, 0.15) is 13.2 Å². The van der Waals surface area contributed by atoms with E-state index in [4.69, 9.17) is 23.7 Å². The minimum atomic E-state index is -0.690. The smallest absolute Gasteiger partial charge is 0.432 e. The molecule has 0 N–H and O–H groups in total. The summed E-state index contributed by atoms with van der Waals surface area (Å²) in [5.41, 5.74) is 0. The molecule has 0 aromatic heterocycles. The zero-order chi connectivity index (χ0) is 15.8. The van der Waals surface area contributed by atoms with E-state index < -0.39 is 6.16 Å². The average molecular weight is 306 g/mol. The Morgan fingerprint density at radius 2 is 1.57 bits per heavy atom. The highest BCUT2D eigenvalue weighted by Crippen LogP contribution is 2.01. The Labute approximate surface area is 128 Å². The molecule has 0 aliphatic carbocycles. The van der Waals surface area contributed by atoms with E-state index >= 15 is 0 Å². The van der Waals surface area contributed by atoms with Crippen molar-refractivity contribution in [1.29, 1.82) is 0 Å². The van der Waals surface area contributed by atoms with E-state index in [2.05, 4.69) is 13.8 Å². The molecule has 1 unspecified atom stereocenters. The van der Waals surface area contributed by atoms with Crippen molar-refractivity contribution in [1.82, 2.24) is 0 Å². The molecule has 0 rings (SSSR count). The van der Waals surface area contributed by atoms with Crippen LogP contribution in [0.5, 0.6) is 0 Å². The highest BCUT2D eigenvalue weighted by atomic mass is 16.7. The number of carbonyl (C=O) groups is 1. The van der Waals surface area contributed by atoms with E-state index in [0.717, 1.165) is 25.9 Å². The first kappa shape index (κ1) is 20.1. The van der Waals surface area contributed by atoms with Gasteiger partial charge in [0.15, 0.2) is 0 Å². The van der Waals surface area contributed by atoms with Gasteiger partial charge in [-0.05, 0) is 19.8 Å². The summed E-state index contributed by atoms with van der Waals surface area (Å²) in [4.78, 5) is 11.2. The Bertz CT molecular complexity index is 234. The van der Waals surface area contributed by atoms with Crippen LogP contribution >= 0.6 is 0 Å². The first-order valence-corrected chi connectivity index (χ1v) is 7.81. The monoisotopic (exact) mass is 306 g/mol. The predicted octanol–water partition coefficient (Wildman–Crippen LogP) is 2.79. The van der Waals surface area contributed by atoms with E-state index in [0.29, 0.717) is 26.4 Å². The number of rotatable bonds is 14. The lowest BCUT2D eigenvalue weighted by Crippen LogP contribution is -2.22. The summed E-state index contributed by atoms with van der Waals surface area (Å²) in [5.74, 6) is 0. The Kier molecular flexibility index (Phi) is 14.9. The second-order valence-corrected chi connectivity index (χ2v) is 4.47. The Morgan fingerprint density at radius 1 is 0.905 bits per heavy atom. The lowest BCUT2D eigenvalue weighted by atomic mass is 10.3. The van der Waals surface area contributed by atoms with Crippen molar-refractivity contribution in [2.45, 2.75) is 46.1 Å². The van der Waals surface area contributed by atoms with Crippen LogP contribution in [0.2, 0.25) is 0 Å². The minimum Gasteiger partial charge on any atom is -0.432 e. The van der Waals surface area contributed by atoms with Gasteiger partial charge >= 0.3 is 6.16 Å². The van der Waals surface area contributed by atoms with Gasteiger partial charge in [0, 0.05) is 13.2 Å². The molecule has 0 aromatic rings. The molecule has 0 aliphatic heterocycles. The van der Waals surface area contributed by atoms with E-state index in [1.165, 1.54) is 0 Å². The van der Waals surface area contributed by atoms with Crippen LogP contribution < -0.4 is 0 Å². The number of carbonyl (C=O) groups excluding carboxylic acids is 1. The van der Waals surface area contributed by atoms with Gasteiger partial charge in [-0.3, -0.25) is 0 Å². The standard InChI is InChI=1S/C15H30O6/c1-4-7-8-19-14(5-2)13-18-10-12-21-15(16)20-11-9-17-6-3/h14H,4-13H2,1-3H3. The van der Waals surface area contributed by atoms with E-state index in [9.17, 15) is 4.79 Å². The normalized spacial score (nSPS) is 12.1. The van der Waals surface area contributed by atoms with Gasteiger partial charge in [0.2, 0.25) is 0 Å². The van der Waals surface area contributed by atoms with Gasteiger partial charge in [-0.1, -0.05) is 20.3 Å². The topological polar surface area (TPSA) is 63.2 Å². The fourth-order valence-electron chi connectivity index (χ4n) is 1.45. The molecule has 0 spiro atoms. The molecular weight excluding hydrogens is 276 g/mol. The van der Waals surface area contributed by atoms with Crippen LogP contribution in [0.25, 0.3) is 0 Å². The van der Waals surface area contributed by atoms with E-state index in [1.807, 2.05) is 6.92 Å². The summed E-state index contributed by atoms with van der Waals surface area (Å²) >= 11 is 0. The van der Waals surface area contributed by atoms with Crippen molar-refractivity contribution in [3.63, 3.8) is 0 Å². The zero-order valence-corrected chi connectivity index (χ0v) is 13.6. The van der Waals surface area contributed by atoms with Crippen molar-refractivity contribution in [3.8, 4) is 0 Å². The van der Waals surface area contributed by atoms with Gasteiger partial charge in [-0.25, -0.2) is 4.79 Å². The molecule has 21 heavy (non-hydrogen) atoms. The van der Waals surface area contributed by atoms with Crippen LogP contribution in [0.15, 0.2) is 0 Å². The third kappa shape index (κ3) is 13.9. The first-order chi connectivity index (χ1) is 10.2. The van der Waals surface area contributed by atoms with Crippen LogP contribution in [0.4, 0.5) is 4.79 Å². The summed E-state index contributed by atoms with van der Waals surface area (Å²) in [6, 6.07) is 0. The minimum absolute atomic E-state index is 0.106. The van der Waals surface area contributed by atoms with Crippen LogP contribution in [0.3, 0.4) is 0 Å². The molecular formula is C15H30O6. The largest absolute Gasteiger partial charge is 0.508 e. The maximum atomic E-state index is 11.2. The molecule has 0 radical (unpaired) electrons. The molecule has 0 amide bonds. The number of unbranched alkanes of at least 4 members (excludes halogenated alkanes) is 1. The van der Waals surface area contributed by atoms with Crippen molar-refractivity contribution in [3.05, 3.63) is 0 Å². The van der Waals surface area contributed by atoms with Crippen molar-refractivity contribution in [2.24, 2.45) is 0 Å². The number of ether oxygens (including phenoxy) is 5. The molecule has 126 valence electrons. The van der Waals surface area contributed by atoms with E-state index in [-0.39, 0.29) is 19.3 Å². The molecule has 6 heteroatoms. The Hall–Kier alpha value is -0.850. The fourth-order valence-corrected chi connectivity index (χ4v) is 1.45. The Morgan fingerprint density at radius 3 is 2.14 bits per heavy atom. The van der Waals surface area contributed by atoms with Gasteiger partial charge in [0.25, 0.3) is 0 Å². The predicted molar refractivity (Wildman–Crippen MR) is 79.6 cm³/mol. The SMILES string of the molecule is CCCCOC(CC)COCCOC(=O)OCCOCC. The summed E-state index contributed by atoms with van der Waals surface area (Å²) < 4.78 is 25.8. The second-order valence-electron chi connectivity index (χ2n) is 4.47. The van der Waals surface area contributed by atoms with Crippen LogP contribution in [0.1, 0.15) is 40.0 Å². The van der Waals surface area contributed by atoms with Crippen LogP contribution in [-0.4, -0.2) is 58.5 Å². The molecule has 0 aromatic carbocycles. The van der Waals surface area contributed by atoms with Gasteiger partial charge in [0.05, 0.1) is 25.9 Å². The fraction of sp³-hybridized carbons (Fsp3) is 0.933. The van der Waals surface area contributed by atoms with Crippen LogP contribution in [0, 0.1) is 0 Å². The van der Waals surface area contributed by atoms with Crippen LogP contribution in [-0.2, 0) is 23.7 Å². The maximum Gasteiger partial charge on any atom is 0.508 e. The molecule has 0 bridgehead atoms. The number of hydrogen-bond acceptors (Lipinski definition) is 6. The highest BCUT2D eigenvalue weighted by Gasteiger charge is 2.07. The van der Waals surface area contributed by atoms with E-state index in [1.54, 1.807) is 0 Å². The summed E-state index contributed by atoms with van der Waals surface area (Å²) in [6.07, 6.45) is 2.51. The summed E-state index contributed by atoms with van der Waals surface area (Å²) in [5, 5.41) is 0. The molecule has 0 saturated carbocycles. The van der Waals surface area contributed by atoms with Crippen molar-refractivity contribution >= 4 is 6.16 Å². The second kappa shape index (κ2) is 15.5. The Balaban J connectivity index is 3.41. The third-order valence-corrected chi connectivity index (χ3v) is 2.71. The molecule has 0 fully saturated rings. The molecule has 6 nitrogen and oxygen atoms in total. The van der Waals surface area contributed by atoms with Gasteiger partial charge in [-0.2, -0.15) is 0 Å². The highest BCUT2D eigenvalue weighted by molar-refractivity contribution is 5.59. The number of hydrogen-bond donors (Lipinski definition) is 0.